The first-order valence-electron chi connectivity index (χ1n) is 9.07. The molecule has 3 aromatic rings. The Morgan fingerprint density at radius 3 is 2.96 bits per heavy atom. The van der Waals surface area contributed by atoms with Gasteiger partial charge in [-0.15, -0.1) is 5.10 Å². The van der Waals surface area contributed by atoms with Gasteiger partial charge in [-0.2, -0.15) is 10.1 Å². The number of aromatic nitrogens is 5. The second-order valence-electron chi connectivity index (χ2n) is 7.34. The van der Waals surface area contributed by atoms with Crippen LogP contribution >= 0.6 is 15.9 Å². The van der Waals surface area contributed by atoms with Gasteiger partial charge < -0.3 is 0 Å². The molecule has 2 amide bonds. The van der Waals surface area contributed by atoms with E-state index in [1.165, 1.54) is 0 Å². The minimum atomic E-state index is -0.484. The molecule has 1 fully saturated rings. The Bertz CT molecular complexity index is 1040. The molecule has 0 bridgehead atoms. The topological polar surface area (TPSA) is 120 Å². The van der Waals surface area contributed by atoms with E-state index in [1.807, 2.05) is 18.2 Å². The molecule has 146 valence electrons. The van der Waals surface area contributed by atoms with Crippen LogP contribution in [0, 0.1) is 11.8 Å². The van der Waals surface area contributed by atoms with Gasteiger partial charge in [-0.05, 0) is 24.1 Å². The molecule has 9 nitrogen and oxygen atoms in total. The van der Waals surface area contributed by atoms with E-state index in [-0.39, 0.29) is 30.7 Å². The first kappa shape index (κ1) is 18.6. The third kappa shape index (κ3) is 3.64. The molecule has 28 heavy (non-hydrogen) atoms. The van der Waals surface area contributed by atoms with Crippen LogP contribution in [0.3, 0.4) is 0 Å². The lowest BCUT2D eigenvalue weighted by molar-refractivity contribution is -0.122. The number of H-pyrrole nitrogens is 2. The molecule has 1 aliphatic rings. The van der Waals surface area contributed by atoms with Gasteiger partial charge in [0.15, 0.2) is 5.82 Å². The van der Waals surface area contributed by atoms with Crippen LogP contribution in [0.2, 0.25) is 0 Å². The number of halogens is 1. The smallest absolute Gasteiger partial charge is 0.248 e. The highest BCUT2D eigenvalue weighted by atomic mass is 79.9. The molecule has 3 N–H and O–H groups in total. The summed E-state index contributed by atoms with van der Waals surface area (Å²) in [5.74, 6) is 1.05. The number of anilines is 2. The Morgan fingerprint density at radius 2 is 2.18 bits per heavy atom. The lowest BCUT2D eigenvalue weighted by Crippen LogP contribution is -2.28. The van der Waals surface area contributed by atoms with Crippen molar-refractivity contribution >= 4 is 50.4 Å². The minimum absolute atomic E-state index is 0.125. The number of benzene rings is 1. The Kier molecular flexibility index (Phi) is 4.88. The fourth-order valence-electron chi connectivity index (χ4n) is 3.31. The second kappa shape index (κ2) is 7.34. The minimum Gasteiger partial charge on any atom is -0.294 e. The van der Waals surface area contributed by atoms with Gasteiger partial charge in [0.05, 0.1) is 11.4 Å². The van der Waals surface area contributed by atoms with Gasteiger partial charge in [-0.3, -0.25) is 30.0 Å². The van der Waals surface area contributed by atoms with Crippen LogP contribution in [0.4, 0.5) is 11.8 Å². The monoisotopic (exact) mass is 445 g/mol. The highest BCUT2D eigenvalue weighted by Crippen LogP contribution is 2.31. The number of hydrogen-bond donors (Lipinski definition) is 3. The molecule has 2 aromatic heterocycles. The third-order valence-corrected chi connectivity index (χ3v) is 5.12. The largest absolute Gasteiger partial charge is 0.294 e. The van der Waals surface area contributed by atoms with Gasteiger partial charge in [0.25, 0.3) is 0 Å². The van der Waals surface area contributed by atoms with Crippen LogP contribution in [0.5, 0.6) is 0 Å². The van der Waals surface area contributed by atoms with Crippen LogP contribution in [0.25, 0.3) is 10.9 Å². The molecular weight excluding hydrogens is 426 g/mol. The van der Waals surface area contributed by atoms with Crippen molar-refractivity contribution in [2.24, 2.45) is 11.8 Å². The fraction of sp³-hybridized carbons (Fsp3) is 0.389. The van der Waals surface area contributed by atoms with E-state index in [0.717, 1.165) is 27.6 Å². The summed E-state index contributed by atoms with van der Waals surface area (Å²) in [6, 6.07) is 5.68. The normalized spacial score (nSPS) is 17.1. The van der Waals surface area contributed by atoms with Crippen molar-refractivity contribution in [3.63, 3.8) is 0 Å². The molecule has 10 heteroatoms. The summed E-state index contributed by atoms with van der Waals surface area (Å²) in [6.07, 6.45) is 0.876. The average Bonchev–Trinajstić information content (AvgIpc) is 3.32. The number of aromatic amines is 2. The molecule has 1 aromatic carbocycles. The van der Waals surface area contributed by atoms with Gasteiger partial charge in [0, 0.05) is 29.2 Å². The highest BCUT2D eigenvalue weighted by molar-refractivity contribution is 9.10. The summed E-state index contributed by atoms with van der Waals surface area (Å²) in [4.78, 5) is 31.0. The van der Waals surface area contributed by atoms with Gasteiger partial charge in [0.2, 0.25) is 17.8 Å². The van der Waals surface area contributed by atoms with E-state index in [4.69, 9.17) is 0 Å². The standard InChI is InChI=1S/C18H20BrN7O2/c1-9(2)5-14-20-18(25-23-14)21-17(28)10-6-15(27)26(8-10)16-12-4-3-11(19)7-13(12)22-24-16/h3-4,7,9-10H,5-6,8H2,1-2H3,(H,22,24)(H2,20,21,23,25,28). The summed E-state index contributed by atoms with van der Waals surface area (Å²) in [7, 11) is 0. The van der Waals surface area contributed by atoms with E-state index in [2.05, 4.69) is 60.5 Å². The molecule has 0 spiro atoms. The molecule has 1 saturated heterocycles. The molecule has 0 saturated carbocycles. The summed E-state index contributed by atoms with van der Waals surface area (Å²) in [5.41, 5.74) is 0.823. The highest BCUT2D eigenvalue weighted by Gasteiger charge is 2.37. The van der Waals surface area contributed by atoms with E-state index < -0.39 is 5.92 Å². The summed E-state index contributed by atoms with van der Waals surface area (Å²) in [5, 5.41) is 17.6. The molecule has 1 aliphatic heterocycles. The number of nitrogens with zero attached hydrogens (tertiary/aromatic N) is 4. The second-order valence-corrected chi connectivity index (χ2v) is 8.25. The van der Waals surface area contributed by atoms with Crippen LogP contribution in [0.15, 0.2) is 22.7 Å². The van der Waals surface area contributed by atoms with E-state index >= 15 is 0 Å². The number of rotatable bonds is 5. The van der Waals surface area contributed by atoms with Gasteiger partial charge >= 0.3 is 0 Å². The van der Waals surface area contributed by atoms with Crippen molar-refractivity contribution < 1.29 is 9.59 Å². The number of carbonyl (C=O) groups excluding carboxylic acids is 2. The Hall–Kier alpha value is -2.75. The number of hydrogen-bond acceptors (Lipinski definition) is 5. The zero-order chi connectivity index (χ0) is 19.8. The average molecular weight is 446 g/mol. The molecular formula is C18H20BrN7O2. The maximum Gasteiger partial charge on any atom is 0.248 e. The van der Waals surface area contributed by atoms with Crippen molar-refractivity contribution in [2.45, 2.75) is 26.7 Å². The maximum atomic E-state index is 12.6. The van der Waals surface area contributed by atoms with Crippen molar-refractivity contribution in [2.75, 3.05) is 16.8 Å². The van der Waals surface area contributed by atoms with Crippen LogP contribution < -0.4 is 10.2 Å². The van der Waals surface area contributed by atoms with Crippen molar-refractivity contribution in [1.29, 1.82) is 0 Å². The molecule has 0 radical (unpaired) electrons. The lowest BCUT2D eigenvalue weighted by Gasteiger charge is -2.13. The first-order valence-corrected chi connectivity index (χ1v) is 9.86. The van der Waals surface area contributed by atoms with Crippen LogP contribution in [-0.2, 0) is 16.0 Å². The Labute approximate surface area is 169 Å². The van der Waals surface area contributed by atoms with E-state index in [0.29, 0.717) is 11.7 Å². The maximum absolute atomic E-state index is 12.6. The fourth-order valence-corrected chi connectivity index (χ4v) is 3.67. The van der Waals surface area contributed by atoms with Gasteiger partial charge in [-0.1, -0.05) is 29.8 Å². The summed E-state index contributed by atoms with van der Waals surface area (Å²) < 4.78 is 0.920. The summed E-state index contributed by atoms with van der Waals surface area (Å²) in [6.45, 7) is 4.43. The predicted molar refractivity (Wildman–Crippen MR) is 108 cm³/mol. The van der Waals surface area contributed by atoms with Gasteiger partial charge in [-0.25, -0.2) is 0 Å². The van der Waals surface area contributed by atoms with Crippen LogP contribution in [-0.4, -0.2) is 43.7 Å². The van der Waals surface area contributed by atoms with E-state index in [9.17, 15) is 9.59 Å². The number of amides is 2. The van der Waals surface area contributed by atoms with Crippen molar-refractivity contribution in [3.8, 4) is 0 Å². The molecule has 4 rings (SSSR count). The van der Waals surface area contributed by atoms with Crippen LogP contribution in [0.1, 0.15) is 26.1 Å². The SMILES string of the molecule is CC(C)Cc1nc(NC(=O)C2CC(=O)N(c3n[nH]c4cc(Br)ccc34)C2)n[nH]1. The van der Waals surface area contributed by atoms with Gasteiger partial charge in [0.1, 0.15) is 5.82 Å². The summed E-state index contributed by atoms with van der Waals surface area (Å²) >= 11 is 3.42. The predicted octanol–water partition coefficient (Wildman–Crippen LogP) is 2.63. The quantitative estimate of drug-likeness (QED) is 0.557. The lowest BCUT2D eigenvalue weighted by atomic mass is 10.1. The first-order chi connectivity index (χ1) is 13.4. The number of fused-ring (bicyclic) bond motifs is 1. The molecule has 3 heterocycles. The van der Waals surface area contributed by atoms with Crippen molar-refractivity contribution in [1.82, 2.24) is 25.4 Å². The number of carbonyl (C=O) groups is 2. The molecule has 1 atom stereocenters. The Morgan fingerprint density at radius 1 is 1.36 bits per heavy atom. The zero-order valence-corrected chi connectivity index (χ0v) is 17.1. The zero-order valence-electron chi connectivity index (χ0n) is 15.5. The molecule has 1 unspecified atom stereocenters. The van der Waals surface area contributed by atoms with Crippen molar-refractivity contribution in [3.05, 3.63) is 28.5 Å². The third-order valence-electron chi connectivity index (χ3n) is 4.62. The molecule has 0 aliphatic carbocycles. The number of nitrogens with one attached hydrogen (secondary N) is 3. The Balaban J connectivity index is 1.46. The van der Waals surface area contributed by atoms with E-state index in [1.54, 1.807) is 4.90 Å².